The number of imidazole rings is 1. The summed E-state index contributed by atoms with van der Waals surface area (Å²) in [6.07, 6.45) is 0.913. The van der Waals surface area contributed by atoms with E-state index in [1.165, 1.54) is 0 Å². The Balaban J connectivity index is 1.87. The summed E-state index contributed by atoms with van der Waals surface area (Å²) in [4.78, 5) is 16.2. The zero-order valence-electron chi connectivity index (χ0n) is 17.9. The molecule has 2 aromatic carbocycles. The molecule has 0 saturated carbocycles. The first-order valence-corrected chi connectivity index (χ1v) is 11.0. The van der Waals surface area contributed by atoms with Gasteiger partial charge in [-0.3, -0.25) is 9.36 Å². The van der Waals surface area contributed by atoms with E-state index in [9.17, 15) is 4.79 Å². The van der Waals surface area contributed by atoms with Gasteiger partial charge < -0.3 is 14.2 Å². The van der Waals surface area contributed by atoms with Gasteiger partial charge in [0.25, 0.3) is 6.01 Å². The highest BCUT2D eigenvalue weighted by Crippen LogP contribution is 2.31. The summed E-state index contributed by atoms with van der Waals surface area (Å²) in [6.45, 7) is 7.48. The van der Waals surface area contributed by atoms with Gasteiger partial charge in [0.15, 0.2) is 0 Å². The largest absolute Gasteiger partial charge is 0.493 e. The van der Waals surface area contributed by atoms with E-state index in [4.69, 9.17) is 37.4 Å². The highest BCUT2D eigenvalue weighted by Gasteiger charge is 2.17. The van der Waals surface area contributed by atoms with Crippen LogP contribution in [0.15, 0.2) is 30.3 Å². The Morgan fingerprint density at radius 1 is 1.10 bits per heavy atom. The number of fused-ring (bicyclic) bond motifs is 1. The Kier molecular flexibility index (Phi) is 8.04. The molecular weight excluding hydrogens is 439 g/mol. The molecule has 31 heavy (non-hydrogen) atoms. The number of carbonyl (C=O) groups is 1. The molecular formula is C23H26Cl2N2O4. The average molecular weight is 465 g/mol. The third-order valence-corrected chi connectivity index (χ3v) is 5.29. The summed E-state index contributed by atoms with van der Waals surface area (Å²) in [5, 5.41) is 1.17. The highest BCUT2D eigenvalue weighted by atomic mass is 35.5. The second-order valence-corrected chi connectivity index (χ2v) is 7.86. The minimum absolute atomic E-state index is 0.211. The van der Waals surface area contributed by atoms with Crippen LogP contribution in [0.3, 0.4) is 0 Å². The van der Waals surface area contributed by atoms with E-state index in [-0.39, 0.29) is 5.97 Å². The topological polar surface area (TPSA) is 62.6 Å². The number of carbonyl (C=O) groups excluding carboxylic acids is 1. The fraction of sp³-hybridized carbons (Fsp3) is 0.391. The van der Waals surface area contributed by atoms with Crippen molar-refractivity contribution in [1.82, 2.24) is 9.55 Å². The van der Waals surface area contributed by atoms with Gasteiger partial charge >= 0.3 is 5.97 Å². The second-order valence-electron chi connectivity index (χ2n) is 7.01. The number of aromatic nitrogens is 2. The number of halogens is 2. The van der Waals surface area contributed by atoms with Gasteiger partial charge in [-0.2, -0.15) is 4.98 Å². The van der Waals surface area contributed by atoms with Crippen molar-refractivity contribution in [2.24, 2.45) is 0 Å². The SMILES string of the molecule is CCOC(=O)CCCOc1cc(C)c2nc(OCC)n(Cc3ccc(Cl)cc3Cl)c2c1. The van der Waals surface area contributed by atoms with E-state index < -0.39 is 0 Å². The number of hydrogen-bond acceptors (Lipinski definition) is 5. The molecule has 0 amide bonds. The number of nitrogens with zero attached hydrogens (tertiary/aromatic N) is 2. The maximum absolute atomic E-state index is 11.5. The van der Waals surface area contributed by atoms with Crippen molar-refractivity contribution >= 4 is 40.2 Å². The number of hydrogen-bond donors (Lipinski definition) is 0. The van der Waals surface area contributed by atoms with Crippen LogP contribution in [0.1, 0.15) is 37.8 Å². The molecule has 0 aliphatic rings. The van der Waals surface area contributed by atoms with E-state index in [0.717, 1.165) is 22.2 Å². The van der Waals surface area contributed by atoms with Gasteiger partial charge in [0.05, 0.1) is 37.4 Å². The lowest BCUT2D eigenvalue weighted by atomic mass is 10.2. The molecule has 6 nitrogen and oxygen atoms in total. The maximum Gasteiger partial charge on any atom is 0.305 e. The van der Waals surface area contributed by atoms with E-state index in [1.807, 2.05) is 42.7 Å². The van der Waals surface area contributed by atoms with Crippen LogP contribution in [0, 0.1) is 6.92 Å². The number of benzene rings is 2. The van der Waals surface area contributed by atoms with Crippen LogP contribution in [0.2, 0.25) is 10.0 Å². The maximum atomic E-state index is 11.5. The molecule has 0 spiro atoms. The quantitative estimate of drug-likeness (QED) is 0.279. The van der Waals surface area contributed by atoms with Crippen LogP contribution < -0.4 is 9.47 Å². The number of esters is 1. The molecule has 0 unspecified atom stereocenters. The standard InChI is InChI=1S/C23H26Cl2N2O4/c1-4-29-21(28)7-6-10-31-18-11-15(3)22-20(13-18)27(23(26-22)30-5-2)14-16-8-9-17(24)12-19(16)25/h8-9,11-13H,4-7,10,14H2,1-3H3. The molecule has 0 aliphatic carbocycles. The Morgan fingerprint density at radius 2 is 1.90 bits per heavy atom. The second kappa shape index (κ2) is 10.7. The Hall–Kier alpha value is -2.44. The predicted molar refractivity (Wildman–Crippen MR) is 123 cm³/mol. The molecule has 0 fully saturated rings. The first kappa shape index (κ1) is 23.2. The molecule has 0 radical (unpaired) electrons. The Labute approximate surface area is 192 Å². The van der Waals surface area contributed by atoms with Gasteiger partial charge in [0.2, 0.25) is 0 Å². The summed E-state index contributed by atoms with van der Waals surface area (Å²) < 4.78 is 18.6. The summed E-state index contributed by atoms with van der Waals surface area (Å²) in [5.41, 5.74) is 3.60. The van der Waals surface area contributed by atoms with E-state index in [2.05, 4.69) is 4.98 Å². The summed E-state index contributed by atoms with van der Waals surface area (Å²) in [7, 11) is 0. The molecule has 0 bridgehead atoms. The Bertz CT molecular complexity index is 1070. The smallest absolute Gasteiger partial charge is 0.305 e. The van der Waals surface area contributed by atoms with Gasteiger partial charge in [-0.1, -0.05) is 29.3 Å². The van der Waals surface area contributed by atoms with Gasteiger partial charge in [-0.15, -0.1) is 0 Å². The molecule has 0 aliphatic heterocycles. The zero-order chi connectivity index (χ0) is 22.4. The number of aryl methyl sites for hydroxylation is 1. The van der Waals surface area contributed by atoms with Crippen molar-refractivity contribution in [2.75, 3.05) is 19.8 Å². The molecule has 1 heterocycles. The van der Waals surface area contributed by atoms with Crippen LogP contribution in [-0.2, 0) is 16.1 Å². The lowest BCUT2D eigenvalue weighted by molar-refractivity contribution is -0.143. The van der Waals surface area contributed by atoms with Crippen molar-refractivity contribution in [3.8, 4) is 11.8 Å². The van der Waals surface area contributed by atoms with E-state index in [0.29, 0.717) is 61.0 Å². The lowest BCUT2D eigenvalue weighted by Crippen LogP contribution is -2.07. The van der Waals surface area contributed by atoms with Crippen molar-refractivity contribution in [1.29, 1.82) is 0 Å². The summed E-state index contributed by atoms with van der Waals surface area (Å²) in [5.74, 6) is 0.497. The third-order valence-electron chi connectivity index (χ3n) is 4.70. The van der Waals surface area contributed by atoms with E-state index >= 15 is 0 Å². The van der Waals surface area contributed by atoms with Crippen LogP contribution in [0.25, 0.3) is 11.0 Å². The van der Waals surface area contributed by atoms with Crippen LogP contribution >= 0.6 is 23.2 Å². The monoisotopic (exact) mass is 464 g/mol. The van der Waals surface area contributed by atoms with Crippen molar-refractivity contribution in [3.05, 3.63) is 51.5 Å². The van der Waals surface area contributed by atoms with Crippen LogP contribution in [0.4, 0.5) is 0 Å². The van der Waals surface area contributed by atoms with Gasteiger partial charge in [-0.05, 0) is 56.5 Å². The molecule has 8 heteroatoms. The fourth-order valence-corrected chi connectivity index (χ4v) is 3.74. The van der Waals surface area contributed by atoms with Gasteiger partial charge in [0.1, 0.15) is 5.75 Å². The van der Waals surface area contributed by atoms with Gasteiger partial charge in [-0.25, -0.2) is 0 Å². The fourth-order valence-electron chi connectivity index (χ4n) is 3.27. The molecule has 0 N–H and O–H groups in total. The summed E-state index contributed by atoms with van der Waals surface area (Å²) >= 11 is 12.4. The Morgan fingerprint density at radius 3 is 2.61 bits per heavy atom. The predicted octanol–water partition coefficient (Wildman–Crippen LogP) is 5.82. The molecule has 0 atom stereocenters. The molecule has 166 valence electrons. The normalized spacial score (nSPS) is 11.0. The minimum atomic E-state index is -0.211. The lowest BCUT2D eigenvalue weighted by Gasteiger charge is -2.12. The average Bonchev–Trinajstić information content (AvgIpc) is 3.06. The number of ether oxygens (including phenoxy) is 3. The first-order chi connectivity index (χ1) is 14.9. The zero-order valence-corrected chi connectivity index (χ0v) is 19.4. The number of rotatable bonds is 10. The summed E-state index contributed by atoms with van der Waals surface area (Å²) in [6, 6.07) is 9.83. The van der Waals surface area contributed by atoms with Crippen molar-refractivity contribution < 1.29 is 19.0 Å². The highest BCUT2D eigenvalue weighted by molar-refractivity contribution is 6.35. The first-order valence-electron chi connectivity index (χ1n) is 10.3. The molecule has 0 saturated heterocycles. The molecule has 1 aromatic heterocycles. The van der Waals surface area contributed by atoms with E-state index in [1.54, 1.807) is 13.0 Å². The third kappa shape index (κ3) is 5.83. The van der Waals surface area contributed by atoms with Crippen molar-refractivity contribution in [3.63, 3.8) is 0 Å². The molecule has 3 aromatic rings. The van der Waals surface area contributed by atoms with Crippen molar-refractivity contribution in [2.45, 2.75) is 40.2 Å². The minimum Gasteiger partial charge on any atom is -0.493 e. The molecule has 3 rings (SSSR count). The van der Waals surface area contributed by atoms with Crippen LogP contribution in [-0.4, -0.2) is 35.3 Å². The van der Waals surface area contributed by atoms with Crippen LogP contribution in [0.5, 0.6) is 11.8 Å². The van der Waals surface area contributed by atoms with Gasteiger partial charge in [0, 0.05) is 22.5 Å².